The Balaban J connectivity index is 3.09. The van der Waals surface area contributed by atoms with Crippen molar-refractivity contribution in [3.63, 3.8) is 0 Å². The molecule has 1 N–H and O–H groups in total. The van der Waals surface area contributed by atoms with Crippen molar-refractivity contribution in [1.29, 1.82) is 0 Å². The number of ether oxygens (including phenoxy) is 1. The predicted octanol–water partition coefficient (Wildman–Crippen LogP) is 4.20. The van der Waals surface area contributed by atoms with Gasteiger partial charge in [0.25, 0.3) is 0 Å². The van der Waals surface area contributed by atoms with Gasteiger partial charge >= 0.3 is 0 Å². The van der Waals surface area contributed by atoms with Crippen LogP contribution >= 0.6 is 0 Å². The normalized spacial score (nSPS) is 12.4. The van der Waals surface area contributed by atoms with Gasteiger partial charge in [0.05, 0.1) is 7.11 Å². The fourth-order valence-corrected chi connectivity index (χ4v) is 1.82. The Morgan fingerprint density at radius 1 is 1.00 bits per heavy atom. The molecule has 0 aliphatic heterocycles. The van der Waals surface area contributed by atoms with E-state index in [1.807, 2.05) is 0 Å². The van der Waals surface area contributed by atoms with Gasteiger partial charge in [-0.2, -0.15) is 0 Å². The summed E-state index contributed by atoms with van der Waals surface area (Å²) in [4.78, 5) is 0. The lowest BCUT2D eigenvalue weighted by Gasteiger charge is -2.26. The average Bonchev–Trinajstić information content (AvgIpc) is 2.13. The second kappa shape index (κ2) is 4.59. The first kappa shape index (κ1) is 13.9. The quantitative estimate of drug-likeness (QED) is 0.829. The molecule has 0 aliphatic carbocycles. The minimum Gasteiger partial charge on any atom is -0.496 e. The molecule has 1 aromatic rings. The van der Waals surface area contributed by atoms with Gasteiger partial charge in [0.15, 0.2) is 0 Å². The van der Waals surface area contributed by atoms with Crippen molar-refractivity contribution in [2.75, 3.05) is 12.4 Å². The van der Waals surface area contributed by atoms with E-state index in [1.165, 1.54) is 5.56 Å². The summed E-state index contributed by atoms with van der Waals surface area (Å²) in [6, 6.07) is 6.34. The van der Waals surface area contributed by atoms with Gasteiger partial charge in [0.2, 0.25) is 0 Å². The molecular formula is C15H25NO. The van der Waals surface area contributed by atoms with Gasteiger partial charge in [-0.25, -0.2) is 0 Å². The topological polar surface area (TPSA) is 21.3 Å². The molecule has 0 aromatic heterocycles. The highest BCUT2D eigenvalue weighted by atomic mass is 16.5. The molecule has 2 heteroatoms. The van der Waals surface area contributed by atoms with Crippen molar-refractivity contribution in [3.8, 4) is 5.75 Å². The summed E-state index contributed by atoms with van der Waals surface area (Å²) in [6.45, 7) is 13.0. The first-order valence-corrected chi connectivity index (χ1v) is 6.10. The molecule has 96 valence electrons. The van der Waals surface area contributed by atoms with E-state index in [0.29, 0.717) is 0 Å². The van der Waals surface area contributed by atoms with Gasteiger partial charge in [-0.15, -0.1) is 0 Å². The van der Waals surface area contributed by atoms with Crippen LogP contribution in [0.2, 0.25) is 0 Å². The van der Waals surface area contributed by atoms with E-state index >= 15 is 0 Å². The maximum atomic E-state index is 5.49. The third-order valence-electron chi connectivity index (χ3n) is 2.53. The van der Waals surface area contributed by atoms with Gasteiger partial charge in [0.1, 0.15) is 5.75 Å². The highest BCUT2D eigenvalue weighted by Crippen LogP contribution is 2.33. The van der Waals surface area contributed by atoms with Gasteiger partial charge < -0.3 is 10.1 Å². The largest absolute Gasteiger partial charge is 0.496 e. The van der Waals surface area contributed by atoms with Crippen LogP contribution in [-0.2, 0) is 5.41 Å². The van der Waals surface area contributed by atoms with Crippen molar-refractivity contribution in [1.82, 2.24) is 0 Å². The number of hydrogen-bond acceptors (Lipinski definition) is 2. The molecule has 0 radical (unpaired) electrons. The molecule has 1 rings (SSSR count). The van der Waals surface area contributed by atoms with E-state index < -0.39 is 0 Å². The Kier molecular flexibility index (Phi) is 3.75. The van der Waals surface area contributed by atoms with Crippen LogP contribution in [0.3, 0.4) is 0 Å². The Morgan fingerprint density at radius 3 is 2.00 bits per heavy atom. The zero-order chi connectivity index (χ0) is 13.3. The van der Waals surface area contributed by atoms with Crippen LogP contribution in [0.4, 0.5) is 5.69 Å². The van der Waals surface area contributed by atoms with E-state index in [0.717, 1.165) is 11.4 Å². The maximum absolute atomic E-state index is 5.49. The molecule has 0 saturated carbocycles. The van der Waals surface area contributed by atoms with Crippen LogP contribution in [0.15, 0.2) is 18.2 Å². The lowest BCUT2D eigenvalue weighted by Crippen LogP contribution is -2.26. The molecular weight excluding hydrogens is 210 g/mol. The van der Waals surface area contributed by atoms with Crippen LogP contribution in [-0.4, -0.2) is 12.6 Å². The monoisotopic (exact) mass is 235 g/mol. The highest BCUT2D eigenvalue weighted by molar-refractivity contribution is 5.54. The molecule has 0 unspecified atom stereocenters. The van der Waals surface area contributed by atoms with E-state index in [4.69, 9.17) is 4.74 Å². The number of benzene rings is 1. The van der Waals surface area contributed by atoms with Crippen molar-refractivity contribution >= 4 is 5.69 Å². The predicted molar refractivity (Wildman–Crippen MR) is 75.1 cm³/mol. The molecule has 0 amide bonds. The Labute approximate surface area is 105 Å². The Bertz CT molecular complexity index is 383. The maximum Gasteiger partial charge on any atom is 0.124 e. The third kappa shape index (κ3) is 3.95. The fourth-order valence-electron chi connectivity index (χ4n) is 1.82. The van der Waals surface area contributed by atoms with E-state index in [2.05, 4.69) is 65.1 Å². The van der Waals surface area contributed by atoms with Crippen LogP contribution < -0.4 is 10.1 Å². The van der Waals surface area contributed by atoms with E-state index in [9.17, 15) is 0 Å². The second-order valence-electron chi connectivity index (χ2n) is 6.54. The molecule has 1 aromatic carbocycles. The van der Waals surface area contributed by atoms with E-state index in [1.54, 1.807) is 7.11 Å². The van der Waals surface area contributed by atoms with Crippen LogP contribution in [0.1, 0.15) is 47.1 Å². The first-order valence-electron chi connectivity index (χ1n) is 6.10. The number of anilines is 1. The highest BCUT2D eigenvalue weighted by Gasteiger charge is 2.19. The van der Waals surface area contributed by atoms with Gasteiger partial charge in [-0.3, -0.25) is 0 Å². The minimum atomic E-state index is 0.0638. The van der Waals surface area contributed by atoms with Gasteiger partial charge in [-0.1, -0.05) is 26.8 Å². The summed E-state index contributed by atoms with van der Waals surface area (Å²) in [5.74, 6) is 0.951. The molecule has 17 heavy (non-hydrogen) atoms. The molecule has 0 bridgehead atoms. The molecule has 0 saturated heterocycles. The molecule has 0 spiro atoms. The standard InChI is InChI=1S/C15H25NO/c1-14(2,3)12-9-8-11(10-13(12)17-7)16-15(4,5)6/h8-10,16H,1-7H3. The summed E-state index contributed by atoms with van der Waals surface area (Å²) < 4.78 is 5.49. The number of nitrogens with one attached hydrogen (secondary N) is 1. The first-order chi connectivity index (χ1) is 7.63. The van der Waals surface area contributed by atoms with Crippen LogP contribution in [0.25, 0.3) is 0 Å². The van der Waals surface area contributed by atoms with Crippen molar-refractivity contribution in [3.05, 3.63) is 23.8 Å². The zero-order valence-corrected chi connectivity index (χ0v) is 12.1. The van der Waals surface area contributed by atoms with Crippen molar-refractivity contribution in [2.45, 2.75) is 52.5 Å². The van der Waals surface area contributed by atoms with Gasteiger partial charge in [0, 0.05) is 17.3 Å². The third-order valence-corrected chi connectivity index (χ3v) is 2.53. The molecule has 0 aliphatic rings. The van der Waals surface area contributed by atoms with E-state index in [-0.39, 0.29) is 11.0 Å². The molecule has 2 nitrogen and oxygen atoms in total. The number of methoxy groups -OCH3 is 1. The van der Waals surface area contributed by atoms with Crippen LogP contribution in [0, 0.1) is 0 Å². The number of hydrogen-bond donors (Lipinski definition) is 1. The number of rotatable bonds is 2. The van der Waals surface area contributed by atoms with Gasteiger partial charge in [-0.05, 0) is 37.8 Å². The fraction of sp³-hybridized carbons (Fsp3) is 0.600. The smallest absolute Gasteiger partial charge is 0.124 e. The lowest BCUT2D eigenvalue weighted by molar-refractivity contribution is 0.397. The summed E-state index contributed by atoms with van der Waals surface area (Å²) >= 11 is 0. The minimum absolute atomic E-state index is 0.0638. The molecule has 0 atom stereocenters. The zero-order valence-electron chi connectivity index (χ0n) is 12.1. The Morgan fingerprint density at radius 2 is 1.59 bits per heavy atom. The van der Waals surface area contributed by atoms with Crippen molar-refractivity contribution in [2.24, 2.45) is 0 Å². The second-order valence-corrected chi connectivity index (χ2v) is 6.54. The average molecular weight is 235 g/mol. The van der Waals surface area contributed by atoms with Crippen LogP contribution in [0.5, 0.6) is 5.75 Å². The van der Waals surface area contributed by atoms with Crippen molar-refractivity contribution < 1.29 is 4.74 Å². The Hall–Kier alpha value is -1.18. The lowest BCUT2D eigenvalue weighted by atomic mass is 9.86. The summed E-state index contributed by atoms with van der Waals surface area (Å²) in [6.07, 6.45) is 0. The summed E-state index contributed by atoms with van der Waals surface area (Å²) in [5.41, 5.74) is 2.50. The molecule has 0 heterocycles. The summed E-state index contributed by atoms with van der Waals surface area (Å²) in [7, 11) is 1.73. The summed E-state index contributed by atoms with van der Waals surface area (Å²) in [5, 5.41) is 3.45. The SMILES string of the molecule is COc1cc(NC(C)(C)C)ccc1C(C)(C)C. The molecule has 0 fully saturated rings.